The van der Waals surface area contributed by atoms with Crippen LogP contribution in [0.3, 0.4) is 0 Å². The van der Waals surface area contributed by atoms with Crippen LogP contribution in [0.25, 0.3) is 11.3 Å². The zero-order valence-corrected chi connectivity index (χ0v) is 16.9. The van der Waals surface area contributed by atoms with Crippen LogP contribution in [-0.2, 0) is 0 Å². The van der Waals surface area contributed by atoms with Gasteiger partial charge in [0.25, 0.3) is 5.91 Å². The topological polar surface area (TPSA) is 90.6 Å². The number of aromatic nitrogens is 3. The predicted octanol–water partition coefficient (Wildman–Crippen LogP) is 3.50. The first-order valence-corrected chi connectivity index (χ1v) is 10.0. The molecule has 4 heterocycles. The van der Waals surface area contributed by atoms with E-state index in [4.69, 9.17) is 19.0 Å². The highest BCUT2D eigenvalue weighted by molar-refractivity contribution is 5.95. The van der Waals surface area contributed by atoms with E-state index in [0.29, 0.717) is 41.7 Å². The van der Waals surface area contributed by atoms with E-state index in [0.717, 1.165) is 29.8 Å². The molecule has 1 aromatic carbocycles. The molecular weight excluding hydrogens is 384 g/mol. The van der Waals surface area contributed by atoms with Crippen molar-refractivity contribution in [1.29, 1.82) is 0 Å². The number of likely N-dealkylation sites (tertiary alicyclic amines) is 1. The van der Waals surface area contributed by atoms with E-state index in [2.05, 4.69) is 10.1 Å². The third kappa shape index (κ3) is 3.38. The van der Waals surface area contributed by atoms with E-state index >= 15 is 0 Å². The summed E-state index contributed by atoms with van der Waals surface area (Å²) in [6, 6.07) is 7.22. The van der Waals surface area contributed by atoms with Crippen molar-refractivity contribution in [2.24, 2.45) is 0 Å². The van der Waals surface area contributed by atoms with Gasteiger partial charge in [-0.25, -0.2) is 9.97 Å². The van der Waals surface area contributed by atoms with Gasteiger partial charge in [0.1, 0.15) is 5.82 Å². The lowest BCUT2D eigenvalue weighted by Gasteiger charge is -2.33. The minimum absolute atomic E-state index is 0.0131. The molecule has 0 bridgehead atoms. The molecule has 8 nitrogen and oxygen atoms in total. The minimum atomic E-state index is -0.0131. The first-order valence-electron chi connectivity index (χ1n) is 10.0. The monoisotopic (exact) mass is 406 g/mol. The number of hydrogen-bond donors (Lipinski definition) is 0. The van der Waals surface area contributed by atoms with Gasteiger partial charge in [-0.05, 0) is 44.9 Å². The first kappa shape index (κ1) is 18.6. The Morgan fingerprint density at radius 1 is 1.17 bits per heavy atom. The van der Waals surface area contributed by atoms with Crippen molar-refractivity contribution < 1.29 is 18.8 Å². The number of hydrogen-bond acceptors (Lipinski definition) is 7. The minimum Gasteiger partial charge on any atom is -0.454 e. The van der Waals surface area contributed by atoms with Gasteiger partial charge in [-0.2, -0.15) is 0 Å². The summed E-state index contributed by atoms with van der Waals surface area (Å²) in [5, 5.41) is 4.00. The fraction of sp³-hybridized carbons (Fsp3) is 0.364. The summed E-state index contributed by atoms with van der Waals surface area (Å²) in [6.07, 6.45) is 3.64. The van der Waals surface area contributed by atoms with Crippen LogP contribution in [0.5, 0.6) is 11.5 Å². The summed E-state index contributed by atoms with van der Waals surface area (Å²) in [5.41, 5.74) is 3.15. The molecule has 2 aliphatic heterocycles. The van der Waals surface area contributed by atoms with E-state index in [9.17, 15) is 4.79 Å². The van der Waals surface area contributed by atoms with Crippen molar-refractivity contribution in [3.8, 4) is 22.8 Å². The number of amides is 1. The van der Waals surface area contributed by atoms with Gasteiger partial charge < -0.3 is 18.9 Å². The van der Waals surface area contributed by atoms with Crippen molar-refractivity contribution >= 4 is 5.91 Å². The lowest BCUT2D eigenvalue weighted by molar-refractivity contribution is 0.0705. The number of benzene rings is 1. The van der Waals surface area contributed by atoms with Crippen LogP contribution < -0.4 is 9.47 Å². The lowest BCUT2D eigenvalue weighted by Crippen LogP contribution is -2.39. The van der Waals surface area contributed by atoms with Crippen LogP contribution in [0.2, 0.25) is 0 Å². The molecule has 2 aliphatic rings. The molecule has 1 saturated heterocycles. The number of rotatable bonds is 3. The van der Waals surface area contributed by atoms with Gasteiger partial charge in [0.2, 0.25) is 6.79 Å². The van der Waals surface area contributed by atoms with Crippen molar-refractivity contribution in [1.82, 2.24) is 20.0 Å². The van der Waals surface area contributed by atoms with Gasteiger partial charge in [0, 0.05) is 36.8 Å². The molecule has 2 aromatic heterocycles. The molecule has 3 aromatic rings. The van der Waals surface area contributed by atoms with Gasteiger partial charge in [-0.15, -0.1) is 0 Å². The summed E-state index contributed by atoms with van der Waals surface area (Å²) in [6.45, 7) is 5.25. The average Bonchev–Trinajstić information content (AvgIpc) is 3.41. The van der Waals surface area contributed by atoms with E-state index in [1.807, 2.05) is 24.8 Å². The maximum atomic E-state index is 13.2. The predicted molar refractivity (Wildman–Crippen MR) is 107 cm³/mol. The van der Waals surface area contributed by atoms with Gasteiger partial charge in [-0.1, -0.05) is 5.16 Å². The van der Waals surface area contributed by atoms with E-state index in [1.165, 1.54) is 0 Å². The zero-order chi connectivity index (χ0) is 20.7. The van der Waals surface area contributed by atoms with Crippen molar-refractivity contribution in [2.45, 2.75) is 32.6 Å². The van der Waals surface area contributed by atoms with Crippen LogP contribution in [0.4, 0.5) is 0 Å². The number of fused-ring (bicyclic) bond motifs is 1. The summed E-state index contributed by atoms with van der Waals surface area (Å²) >= 11 is 0. The second-order valence-corrected chi connectivity index (χ2v) is 7.71. The molecule has 154 valence electrons. The summed E-state index contributed by atoms with van der Waals surface area (Å²) < 4.78 is 16.2. The standard InChI is InChI=1S/C22H22N4O4/c1-13-8-19(30-25-13)17-10-23-14(2)24-21(17)16-4-3-7-26(11-16)22(27)15-5-6-18-20(9-15)29-12-28-18/h5-6,8-10,16H,3-4,7,11-12H2,1-2H3. The first-order chi connectivity index (χ1) is 14.6. The molecule has 0 spiro atoms. The Labute approximate surface area is 173 Å². The van der Waals surface area contributed by atoms with E-state index in [1.54, 1.807) is 24.4 Å². The summed E-state index contributed by atoms with van der Waals surface area (Å²) in [4.78, 5) is 24.1. The highest BCUT2D eigenvalue weighted by atomic mass is 16.7. The molecule has 0 saturated carbocycles. The molecule has 5 rings (SSSR count). The molecule has 1 amide bonds. The number of nitrogens with zero attached hydrogens (tertiary/aromatic N) is 4. The lowest BCUT2D eigenvalue weighted by atomic mass is 9.91. The number of carbonyl (C=O) groups excluding carboxylic acids is 1. The molecule has 1 unspecified atom stereocenters. The Hall–Kier alpha value is -3.42. The maximum absolute atomic E-state index is 13.2. The van der Waals surface area contributed by atoms with Crippen LogP contribution in [0.15, 0.2) is 35.0 Å². The van der Waals surface area contributed by atoms with Crippen molar-refractivity contribution in [3.63, 3.8) is 0 Å². The fourth-order valence-electron chi connectivity index (χ4n) is 4.08. The van der Waals surface area contributed by atoms with Crippen LogP contribution in [-0.4, -0.2) is 45.8 Å². The average molecular weight is 406 g/mol. The quantitative estimate of drug-likeness (QED) is 0.657. The summed E-state index contributed by atoms with van der Waals surface area (Å²) in [7, 11) is 0. The smallest absolute Gasteiger partial charge is 0.254 e. The van der Waals surface area contributed by atoms with Crippen molar-refractivity contribution in [3.05, 3.63) is 53.2 Å². The molecule has 8 heteroatoms. The van der Waals surface area contributed by atoms with Gasteiger partial charge >= 0.3 is 0 Å². The number of aryl methyl sites for hydroxylation is 2. The third-order valence-corrected chi connectivity index (χ3v) is 5.55. The maximum Gasteiger partial charge on any atom is 0.254 e. The third-order valence-electron chi connectivity index (χ3n) is 5.55. The second-order valence-electron chi connectivity index (χ2n) is 7.71. The van der Waals surface area contributed by atoms with Gasteiger partial charge in [-0.3, -0.25) is 4.79 Å². The molecule has 0 radical (unpaired) electrons. The van der Waals surface area contributed by atoms with Crippen LogP contribution in [0.1, 0.15) is 46.3 Å². The second kappa shape index (κ2) is 7.44. The van der Waals surface area contributed by atoms with Crippen LogP contribution in [0, 0.1) is 13.8 Å². The van der Waals surface area contributed by atoms with Gasteiger partial charge in [0.15, 0.2) is 17.3 Å². The Bertz CT molecular complexity index is 1110. The molecule has 1 atom stereocenters. The Kier molecular flexibility index (Phi) is 4.61. The molecule has 0 aliphatic carbocycles. The highest BCUT2D eigenvalue weighted by Gasteiger charge is 2.30. The van der Waals surface area contributed by atoms with Gasteiger partial charge in [0.05, 0.1) is 17.0 Å². The SMILES string of the molecule is Cc1cc(-c2cnc(C)nc2C2CCCN(C(=O)c3ccc4c(c3)OCO4)C2)on1. The zero-order valence-electron chi connectivity index (χ0n) is 16.9. The molecule has 30 heavy (non-hydrogen) atoms. The number of piperidine rings is 1. The Morgan fingerprint density at radius 3 is 2.87 bits per heavy atom. The number of carbonyl (C=O) groups is 1. The normalized spacial score (nSPS) is 17.9. The van der Waals surface area contributed by atoms with E-state index in [-0.39, 0.29) is 18.6 Å². The Morgan fingerprint density at radius 2 is 2.03 bits per heavy atom. The molecular formula is C22H22N4O4. The number of ether oxygens (including phenoxy) is 2. The highest BCUT2D eigenvalue weighted by Crippen LogP contribution is 2.35. The fourth-order valence-corrected chi connectivity index (χ4v) is 4.08. The van der Waals surface area contributed by atoms with Crippen molar-refractivity contribution in [2.75, 3.05) is 19.9 Å². The van der Waals surface area contributed by atoms with E-state index < -0.39 is 0 Å². The van der Waals surface area contributed by atoms with Crippen LogP contribution >= 0.6 is 0 Å². The summed E-state index contributed by atoms with van der Waals surface area (Å²) in [5.74, 6) is 2.72. The molecule has 1 fully saturated rings. The Balaban J connectivity index is 1.42. The molecule has 0 N–H and O–H groups in total. The largest absolute Gasteiger partial charge is 0.454 e.